The largest absolute Gasteiger partial charge is 0.228 e. The summed E-state index contributed by atoms with van der Waals surface area (Å²) in [4.78, 5) is 9.48. The number of thioether (sulfide) groups is 2. The first-order chi connectivity index (χ1) is 10.2. The number of nitrogens with zero attached hydrogens (tertiary/aromatic N) is 2. The van der Waals surface area contributed by atoms with Crippen molar-refractivity contribution in [1.82, 2.24) is 0 Å². The molecule has 0 aromatic heterocycles. The van der Waals surface area contributed by atoms with E-state index in [0.717, 1.165) is 27.0 Å². The van der Waals surface area contributed by atoms with E-state index in [1.165, 1.54) is 0 Å². The van der Waals surface area contributed by atoms with Crippen molar-refractivity contribution in [2.24, 2.45) is 9.98 Å². The van der Waals surface area contributed by atoms with Gasteiger partial charge in [0.05, 0.1) is 5.69 Å². The van der Waals surface area contributed by atoms with Crippen molar-refractivity contribution < 1.29 is 0 Å². The van der Waals surface area contributed by atoms with Crippen LogP contribution in [0.25, 0.3) is 0 Å². The molecule has 2 rings (SSSR count). The summed E-state index contributed by atoms with van der Waals surface area (Å²) in [5.41, 5.74) is 3.14. The summed E-state index contributed by atoms with van der Waals surface area (Å²) in [6, 6.07) is 18.2. The van der Waals surface area contributed by atoms with Crippen LogP contribution in [0.3, 0.4) is 0 Å². The van der Waals surface area contributed by atoms with E-state index >= 15 is 0 Å². The molecule has 21 heavy (non-hydrogen) atoms. The summed E-state index contributed by atoms with van der Waals surface area (Å²) >= 11 is 3.28. The van der Waals surface area contributed by atoms with E-state index < -0.39 is 0 Å². The van der Waals surface area contributed by atoms with Gasteiger partial charge in [-0.25, -0.2) is 9.98 Å². The van der Waals surface area contributed by atoms with Gasteiger partial charge in [-0.05, 0) is 31.1 Å². The SMILES string of the molecule is CSC(=NC(=Nc1ccccc1C)c1ccccc1)SC. The number of hydrogen-bond acceptors (Lipinski definition) is 3. The Bertz CT molecular complexity index is 643. The maximum Gasteiger partial charge on any atom is 0.161 e. The second-order valence-corrected chi connectivity index (χ2v) is 6.22. The molecule has 0 radical (unpaired) electrons. The van der Waals surface area contributed by atoms with E-state index in [1.807, 2.05) is 61.0 Å². The highest BCUT2D eigenvalue weighted by molar-refractivity contribution is 8.38. The first-order valence-corrected chi connectivity index (χ1v) is 9.06. The summed E-state index contributed by atoms with van der Waals surface area (Å²) in [7, 11) is 0. The second-order valence-electron chi connectivity index (χ2n) is 4.37. The molecule has 0 spiro atoms. The van der Waals surface area contributed by atoms with E-state index in [4.69, 9.17) is 9.98 Å². The van der Waals surface area contributed by atoms with Crippen LogP contribution in [0.5, 0.6) is 0 Å². The number of benzene rings is 2. The first kappa shape index (κ1) is 15.9. The van der Waals surface area contributed by atoms with Gasteiger partial charge in [-0.1, -0.05) is 48.5 Å². The normalized spacial score (nSPS) is 11.3. The molecule has 0 aliphatic carbocycles. The molecule has 108 valence electrons. The lowest BCUT2D eigenvalue weighted by Crippen LogP contribution is -2.00. The van der Waals surface area contributed by atoms with E-state index in [1.54, 1.807) is 23.5 Å². The van der Waals surface area contributed by atoms with Crippen LogP contribution in [0, 0.1) is 6.92 Å². The predicted octanol–water partition coefficient (Wildman–Crippen LogP) is 5.16. The zero-order chi connectivity index (χ0) is 15.1. The summed E-state index contributed by atoms with van der Waals surface area (Å²) in [5, 5.41) is 0. The predicted molar refractivity (Wildman–Crippen MR) is 98.3 cm³/mol. The number of amidine groups is 1. The fraction of sp³-hybridized carbons (Fsp3) is 0.176. The van der Waals surface area contributed by atoms with Crippen molar-refractivity contribution in [2.75, 3.05) is 12.5 Å². The summed E-state index contributed by atoms with van der Waals surface area (Å²) < 4.78 is 1.01. The highest BCUT2D eigenvalue weighted by Crippen LogP contribution is 2.21. The van der Waals surface area contributed by atoms with Crippen LogP contribution >= 0.6 is 23.5 Å². The molecular weight excluding hydrogens is 296 g/mol. The fourth-order valence-electron chi connectivity index (χ4n) is 1.81. The van der Waals surface area contributed by atoms with E-state index in [9.17, 15) is 0 Å². The molecular formula is C17H18N2S2. The van der Waals surface area contributed by atoms with Crippen LogP contribution in [0.1, 0.15) is 11.1 Å². The third-order valence-corrected chi connectivity index (χ3v) is 4.80. The van der Waals surface area contributed by atoms with Crippen molar-refractivity contribution in [3.05, 3.63) is 65.7 Å². The zero-order valence-corrected chi connectivity index (χ0v) is 14.0. The molecule has 2 aromatic rings. The standard InChI is InChI=1S/C17H18N2S2/c1-13-9-7-8-12-15(13)18-16(19-17(20-2)21-3)14-10-5-4-6-11-14/h4-12H,1-3H3. The molecule has 2 aromatic carbocycles. The van der Waals surface area contributed by atoms with Gasteiger partial charge in [-0.3, -0.25) is 0 Å². The Morgan fingerprint density at radius 1 is 0.857 bits per heavy atom. The summed E-state index contributed by atoms with van der Waals surface area (Å²) in [5.74, 6) is 0.753. The average molecular weight is 314 g/mol. The lowest BCUT2D eigenvalue weighted by molar-refractivity contribution is 1.38. The zero-order valence-electron chi connectivity index (χ0n) is 12.4. The van der Waals surface area contributed by atoms with Gasteiger partial charge in [0, 0.05) is 5.56 Å². The minimum Gasteiger partial charge on any atom is -0.228 e. The van der Waals surface area contributed by atoms with Crippen LogP contribution in [-0.4, -0.2) is 22.7 Å². The van der Waals surface area contributed by atoms with Crippen molar-refractivity contribution in [3.8, 4) is 0 Å². The lowest BCUT2D eigenvalue weighted by atomic mass is 10.2. The van der Waals surface area contributed by atoms with Gasteiger partial charge in [-0.15, -0.1) is 23.5 Å². The Kier molecular flexibility index (Phi) is 6.08. The van der Waals surface area contributed by atoms with Crippen LogP contribution in [-0.2, 0) is 0 Å². The minimum absolute atomic E-state index is 0.753. The topological polar surface area (TPSA) is 24.7 Å². The maximum absolute atomic E-state index is 4.77. The molecule has 4 heteroatoms. The average Bonchev–Trinajstić information content (AvgIpc) is 2.54. The molecule has 2 nitrogen and oxygen atoms in total. The highest BCUT2D eigenvalue weighted by Gasteiger charge is 2.05. The van der Waals surface area contributed by atoms with Gasteiger partial charge in [0.25, 0.3) is 0 Å². The Morgan fingerprint density at radius 3 is 2.10 bits per heavy atom. The lowest BCUT2D eigenvalue weighted by Gasteiger charge is -2.06. The maximum atomic E-state index is 4.77. The number of para-hydroxylation sites is 1. The van der Waals surface area contributed by atoms with Crippen LogP contribution in [0.4, 0.5) is 5.69 Å². The van der Waals surface area contributed by atoms with Crippen molar-refractivity contribution >= 4 is 39.4 Å². The Labute approximate surface area is 134 Å². The van der Waals surface area contributed by atoms with Crippen LogP contribution in [0.15, 0.2) is 64.6 Å². The first-order valence-electron chi connectivity index (χ1n) is 6.61. The molecule has 0 N–H and O–H groups in total. The molecule has 0 heterocycles. The van der Waals surface area contributed by atoms with Gasteiger partial charge >= 0.3 is 0 Å². The van der Waals surface area contributed by atoms with Gasteiger partial charge in [0.15, 0.2) is 5.84 Å². The smallest absolute Gasteiger partial charge is 0.161 e. The van der Waals surface area contributed by atoms with Gasteiger partial charge < -0.3 is 0 Å². The molecule has 0 atom stereocenters. The molecule has 0 aliphatic heterocycles. The minimum atomic E-state index is 0.753. The summed E-state index contributed by atoms with van der Waals surface area (Å²) in [6.07, 6.45) is 4.07. The van der Waals surface area contributed by atoms with E-state index in [0.29, 0.717) is 0 Å². The van der Waals surface area contributed by atoms with Crippen molar-refractivity contribution in [1.29, 1.82) is 0 Å². The van der Waals surface area contributed by atoms with Gasteiger partial charge in [0.2, 0.25) is 0 Å². The van der Waals surface area contributed by atoms with Crippen LogP contribution in [0.2, 0.25) is 0 Å². The van der Waals surface area contributed by atoms with Crippen molar-refractivity contribution in [2.45, 2.75) is 6.92 Å². The van der Waals surface area contributed by atoms with E-state index in [-0.39, 0.29) is 0 Å². The number of aliphatic imine (C=N–C) groups is 2. The molecule has 0 unspecified atom stereocenters. The second kappa shape index (κ2) is 8.05. The Balaban J connectivity index is 2.51. The molecule has 0 amide bonds. The van der Waals surface area contributed by atoms with Gasteiger partial charge in [0.1, 0.15) is 4.38 Å². The molecule has 0 saturated carbocycles. The van der Waals surface area contributed by atoms with E-state index in [2.05, 4.69) is 13.0 Å². The Hall–Kier alpha value is -1.52. The third kappa shape index (κ3) is 4.48. The molecule has 0 aliphatic rings. The monoisotopic (exact) mass is 314 g/mol. The van der Waals surface area contributed by atoms with Crippen molar-refractivity contribution in [3.63, 3.8) is 0 Å². The molecule has 0 saturated heterocycles. The summed E-state index contributed by atoms with van der Waals surface area (Å²) in [6.45, 7) is 2.06. The third-order valence-electron chi connectivity index (χ3n) is 2.92. The van der Waals surface area contributed by atoms with Crippen LogP contribution < -0.4 is 0 Å². The molecule has 0 fully saturated rings. The quantitative estimate of drug-likeness (QED) is 0.565. The number of rotatable bonds is 2. The Morgan fingerprint density at radius 2 is 1.48 bits per heavy atom. The number of hydrogen-bond donors (Lipinski definition) is 0. The number of aryl methyl sites for hydroxylation is 1. The van der Waals surface area contributed by atoms with Gasteiger partial charge in [-0.2, -0.15) is 0 Å². The molecule has 0 bridgehead atoms. The fourth-order valence-corrected chi connectivity index (χ4v) is 2.83. The highest BCUT2D eigenvalue weighted by atomic mass is 32.2.